The van der Waals surface area contributed by atoms with Crippen LogP contribution in [0.2, 0.25) is 0 Å². The molecule has 1 amide bonds. The van der Waals surface area contributed by atoms with Crippen LogP contribution in [0.25, 0.3) is 0 Å². The number of amides is 1. The first-order valence-corrected chi connectivity index (χ1v) is 8.49. The van der Waals surface area contributed by atoms with Crippen LogP contribution in [0.5, 0.6) is 0 Å². The van der Waals surface area contributed by atoms with Gasteiger partial charge in [0, 0.05) is 19.6 Å². The summed E-state index contributed by atoms with van der Waals surface area (Å²) in [5, 5.41) is 0. The number of alkyl halides is 1. The smallest absolute Gasteiger partial charge is 0.260 e. The fraction of sp³-hybridized carbons (Fsp3) is 0.938. The largest absolute Gasteiger partial charge is 0.376 e. The molecule has 5 nitrogen and oxygen atoms in total. The van der Waals surface area contributed by atoms with Crippen molar-refractivity contribution in [2.75, 3.05) is 52.5 Å². The van der Waals surface area contributed by atoms with Gasteiger partial charge in [0.15, 0.2) is 5.67 Å². The van der Waals surface area contributed by atoms with E-state index in [1.54, 1.807) is 4.90 Å². The van der Waals surface area contributed by atoms with E-state index >= 15 is 0 Å². The summed E-state index contributed by atoms with van der Waals surface area (Å²) in [5.74, 6) is -0.361. The molecule has 0 aromatic rings. The Labute approximate surface area is 131 Å². The van der Waals surface area contributed by atoms with Gasteiger partial charge in [0.1, 0.15) is 5.60 Å². The molecule has 6 heteroatoms. The SMILES string of the molecule is CCCN1CCO[C@]2(COCCN(C(=O)C3(F)CCC3)C2)C1. The maximum atomic E-state index is 14.5. The lowest BCUT2D eigenvalue weighted by Gasteiger charge is -2.44. The van der Waals surface area contributed by atoms with Crippen LogP contribution in [-0.2, 0) is 14.3 Å². The van der Waals surface area contributed by atoms with Crippen molar-refractivity contribution < 1.29 is 18.7 Å². The van der Waals surface area contributed by atoms with Gasteiger partial charge in [-0.05, 0) is 32.2 Å². The minimum Gasteiger partial charge on any atom is -0.376 e. The van der Waals surface area contributed by atoms with E-state index in [0.717, 1.165) is 32.5 Å². The van der Waals surface area contributed by atoms with Crippen molar-refractivity contribution in [2.45, 2.75) is 43.9 Å². The van der Waals surface area contributed by atoms with Gasteiger partial charge in [0.2, 0.25) is 0 Å². The Kier molecular flexibility index (Phi) is 4.71. The van der Waals surface area contributed by atoms with Crippen molar-refractivity contribution in [3.8, 4) is 0 Å². The number of carbonyl (C=O) groups is 1. The highest BCUT2D eigenvalue weighted by Gasteiger charge is 2.49. The van der Waals surface area contributed by atoms with Crippen LogP contribution in [0.3, 0.4) is 0 Å². The van der Waals surface area contributed by atoms with Gasteiger partial charge in [0.25, 0.3) is 5.91 Å². The van der Waals surface area contributed by atoms with Gasteiger partial charge >= 0.3 is 0 Å². The first-order valence-electron chi connectivity index (χ1n) is 8.49. The number of morpholine rings is 1. The molecule has 1 saturated carbocycles. The summed E-state index contributed by atoms with van der Waals surface area (Å²) < 4.78 is 26.2. The summed E-state index contributed by atoms with van der Waals surface area (Å²) in [5.41, 5.74) is -2.14. The monoisotopic (exact) mass is 314 g/mol. The highest BCUT2D eigenvalue weighted by atomic mass is 19.1. The lowest BCUT2D eigenvalue weighted by atomic mass is 9.80. The summed E-state index contributed by atoms with van der Waals surface area (Å²) in [6.45, 7) is 7.34. The van der Waals surface area contributed by atoms with Gasteiger partial charge in [-0.1, -0.05) is 6.92 Å². The number of nitrogens with zero attached hydrogens (tertiary/aromatic N) is 2. The molecule has 1 aliphatic carbocycles. The quantitative estimate of drug-likeness (QED) is 0.785. The zero-order chi connectivity index (χ0) is 15.6. The second kappa shape index (κ2) is 6.42. The number of hydrogen-bond acceptors (Lipinski definition) is 4. The molecule has 126 valence electrons. The summed E-state index contributed by atoms with van der Waals surface area (Å²) in [6, 6.07) is 0. The zero-order valence-corrected chi connectivity index (χ0v) is 13.5. The predicted octanol–water partition coefficient (Wildman–Crippen LogP) is 1.22. The molecule has 3 aliphatic rings. The highest BCUT2D eigenvalue weighted by molar-refractivity contribution is 5.86. The number of ether oxygens (including phenoxy) is 2. The number of rotatable bonds is 3. The molecule has 0 N–H and O–H groups in total. The van der Waals surface area contributed by atoms with Crippen molar-refractivity contribution in [1.82, 2.24) is 9.80 Å². The predicted molar refractivity (Wildman–Crippen MR) is 80.5 cm³/mol. The third-order valence-electron chi connectivity index (χ3n) is 5.03. The fourth-order valence-electron chi connectivity index (χ4n) is 3.68. The Hall–Kier alpha value is -0.720. The van der Waals surface area contributed by atoms with Crippen molar-refractivity contribution in [2.24, 2.45) is 0 Å². The number of hydrogen-bond donors (Lipinski definition) is 0. The van der Waals surface area contributed by atoms with E-state index in [2.05, 4.69) is 11.8 Å². The molecule has 0 radical (unpaired) electrons. The Morgan fingerprint density at radius 3 is 2.73 bits per heavy atom. The van der Waals surface area contributed by atoms with Crippen molar-refractivity contribution in [3.05, 3.63) is 0 Å². The molecule has 1 atom stereocenters. The molecule has 0 aromatic heterocycles. The van der Waals surface area contributed by atoms with Crippen LogP contribution in [0.15, 0.2) is 0 Å². The van der Waals surface area contributed by atoms with Crippen LogP contribution >= 0.6 is 0 Å². The van der Waals surface area contributed by atoms with Gasteiger partial charge < -0.3 is 14.4 Å². The topological polar surface area (TPSA) is 42.0 Å². The molecular formula is C16H27FN2O3. The molecule has 22 heavy (non-hydrogen) atoms. The average molecular weight is 314 g/mol. The number of carbonyl (C=O) groups excluding carboxylic acids is 1. The minimum absolute atomic E-state index is 0.360. The van der Waals surface area contributed by atoms with E-state index in [-0.39, 0.29) is 5.91 Å². The Balaban J connectivity index is 1.70. The second-order valence-electron chi connectivity index (χ2n) is 6.91. The highest BCUT2D eigenvalue weighted by Crippen LogP contribution is 2.38. The molecule has 2 heterocycles. The summed E-state index contributed by atoms with van der Waals surface area (Å²) in [4.78, 5) is 16.5. The normalized spacial score (nSPS) is 32.5. The fourth-order valence-corrected chi connectivity index (χ4v) is 3.68. The minimum atomic E-state index is -1.64. The Morgan fingerprint density at radius 1 is 1.23 bits per heavy atom. The zero-order valence-electron chi connectivity index (χ0n) is 13.5. The van der Waals surface area contributed by atoms with E-state index in [0.29, 0.717) is 45.8 Å². The Morgan fingerprint density at radius 2 is 2.05 bits per heavy atom. The third-order valence-corrected chi connectivity index (χ3v) is 5.03. The van der Waals surface area contributed by atoms with Crippen LogP contribution in [0.1, 0.15) is 32.6 Å². The van der Waals surface area contributed by atoms with Crippen molar-refractivity contribution in [1.29, 1.82) is 0 Å². The molecular weight excluding hydrogens is 287 g/mol. The summed E-state index contributed by atoms with van der Waals surface area (Å²) in [6.07, 6.45) is 2.61. The van der Waals surface area contributed by atoms with Crippen molar-refractivity contribution in [3.63, 3.8) is 0 Å². The van der Waals surface area contributed by atoms with Crippen LogP contribution in [0.4, 0.5) is 4.39 Å². The van der Waals surface area contributed by atoms with E-state index < -0.39 is 11.3 Å². The van der Waals surface area contributed by atoms with Crippen molar-refractivity contribution >= 4 is 5.91 Å². The third kappa shape index (κ3) is 3.14. The van der Waals surface area contributed by atoms with Gasteiger partial charge in [0.05, 0.1) is 26.4 Å². The summed E-state index contributed by atoms with van der Waals surface area (Å²) >= 11 is 0. The van der Waals surface area contributed by atoms with Crippen LogP contribution < -0.4 is 0 Å². The van der Waals surface area contributed by atoms with Crippen LogP contribution in [-0.4, -0.2) is 79.5 Å². The molecule has 0 aromatic carbocycles. The van der Waals surface area contributed by atoms with Gasteiger partial charge in [-0.3, -0.25) is 9.69 Å². The Bertz CT molecular complexity index is 414. The first-order chi connectivity index (χ1) is 10.6. The average Bonchev–Trinajstić information content (AvgIpc) is 2.67. The van der Waals surface area contributed by atoms with Gasteiger partial charge in [-0.15, -0.1) is 0 Å². The van der Waals surface area contributed by atoms with Crippen LogP contribution in [0, 0.1) is 0 Å². The molecule has 1 spiro atoms. The molecule has 0 bridgehead atoms. The molecule has 3 rings (SSSR count). The maximum absolute atomic E-state index is 14.5. The second-order valence-corrected chi connectivity index (χ2v) is 6.91. The molecule has 3 fully saturated rings. The van der Waals surface area contributed by atoms with Gasteiger partial charge in [-0.2, -0.15) is 0 Å². The van der Waals surface area contributed by atoms with Gasteiger partial charge in [-0.25, -0.2) is 4.39 Å². The van der Waals surface area contributed by atoms with E-state index in [4.69, 9.17) is 9.47 Å². The molecule has 0 unspecified atom stereocenters. The van der Waals surface area contributed by atoms with E-state index in [1.807, 2.05) is 0 Å². The lowest BCUT2D eigenvalue weighted by molar-refractivity contribution is -0.162. The van der Waals surface area contributed by atoms with E-state index in [1.165, 1.54) is 0 Å². The summed E-state index contributed by atoms with van der Waals surface area (Å²) in [7, 11) is 0. The van der Waals surface area contributed by atoms with E-state index in [9.17, 15) is 9.18 Å². The maximum Gasteiger partial charge on any atom is 0.260 e. The number of halogens is 1. The molecule has 2 saturated heterocycles. The lowest BCUT2D eigenvalue weighted by Crippen LogP contribution is -2.61. The molecule has 2 aliphatic heterocycles. The standard InChI is InChI=1S/C16H27FN2O3/c1-2-6-18-7-10-22-15(11-18)12-19(8-9-21-13-15)14(20)16(17)4-3-5-16/h2-13H2,1H3/t15-/m1/s1. The first kappa shape index (κ1) is 16.1.